The van der Waals surface area contributed by atoms with Crippen LogP contribution in [0.4, 0.5) is 0 Å². The van der Waals surface area contributed by atoms with Crippen molar-refractivity contribution in [1.82, 2.24) is 0 Å². The molecule has 1 nitrogen and oxygen atoms in total. The van der Waals surface area contributed by atoms with Gasteiger partial charge in [0, 0.05) is 15.3 Å². The van der Waals surface area contributed by atoms with Gasteiger partial charge in [0.05, 0.1) is 3.79 Å². The summed E-state index contributed by atoms with van der Waals surface area (Å²) in [5.41, 5.74) is 2.03. The van der Waals surface area contributed by atoms with Crippen molar-refractivity contribution in [3.05, 3.63) is 67.3 Å². The summed E-state index contributed by atoms with van der Waals surface area (Å²) in [4.78, 5) is 0.932. The summed E-state index contributed by atoms with van der Waals surface area (Å²) in [6.07, 6.45) is -0.632. The number of thiophene rings is 1. The fraction of sp³-hybridized carbons (Fsp3) is 0.125. The first-order chi connectivity index (χ1) is 9.58. The third kappa shape index (κ3) is 2.40. The summed E-state index contributed by atoms with van der Waals surface area (Å²) in [6, 6.07) is 13.7. The van der Waals surface area contributed by atoms with E-state index in [1.807, 2.05) is 49.4 Å². The molecule has 4 heteroatoms. The van der Waals surface area contributed by atoms with Gasteiger partial charge in [-0.1, -0.05) is 41.9 Å². The number of hydrogen-bond acceptors (Lipinski definition) is 2. The molecule has 0 spiro atoms. The lowest BCUT2D eigenvalue weighted by Gasteiger charge is -2.13. The van der Waals surface area contributed by atoms with Gasteiger partial charge in [-0.05, 0) is 51.5 Å². The maximum atomic E-state index is 10.7. The highest BCUT2D eigenvalue weighted by atomic mass is 79.9. The summed E-state index contributed by atoms with van der Waals surface area (Å²) in [5.74, 6) is 0. The second-order valence-electron chi connectivity index (χ2n) is 4.69. The first kappa shape index (κ1) is 14.1. The highest BCUT2D eigenvalue weighted by molar-refractivity contribution is 9.11. The topological polar surface area (TPSA) is 20.2 Å². The van der Waals surface area contributed by atoms with E-state index in [0.29, 0.717) is 5.02 Å². The van der Waals surface area contributed by atoms with Gasteiger partial charge < -0.3 is 5.11 Å². The predicted octanol–water partition coefficient (Wildman–Crippen LogP) is 5.71. The molecule has 1 unspecified atom stereocenters. The minimum Gasteiger partial charge on any atom is -0.383 e. The Kier molecular flexibility index (Phi) is 3.87. The SMILES string of the molecule is Cc1cc(C(O)c2ccc(Cl)c3ccccc23)sc1Br. The molecule has 3 rings (SSSR count). The summed E-state index contributed by atoms with van der Waals surface area (Å²) in [6.45, 7) is 2.02. The van der Waals surface area contributed by atoms with Crippen LogP contribution in [0.25, 0.3) is 10.8 Å². The normalized spacial score (nSPS) is 12.8. The number of aryl methyl sites for hydroxylation is 1. The van der Waals surface area contributed by atoms with Gasteiger partial charge in [0.15, 0.2) is 0 Å². The lowest BCUT2D eigenvalue weighted by Crippen LogP contribution is -1.98. The van der Waals surface area contributed by atoms with Crippen molar-refractivity contribution in [3.8, 4) is 0 Å². The average molecular weight is 368 g/mol. The quantitative estimate of drug-likeness (QED) is 0.615. The van der Waals surface area contributed by atoms with Gasteiger partial charge in [0.1, 0.15) is 6.10 Å². The molecule has 0 saturated heterocycles. The van der Waals surface area contributed by atoms with Crippen molar-refractivity contribution < 1.29 is 5.11 Å². The van der Waals surface area contributed by atoms with Crippen LogP contribution in [-0.4, -0.2) is 5.11 Å². The Labute approximate surface area is 135 Å². The molecule has 0 aliphatic carbocycles. The molecule has 0 amide bonds. The Morgan fingerprint density at radius 2 is 1.85 bits per heavy atom. The van der Waals surface area contributed by atoms with Gasteiger partial charge in [-0.2, -0.15) is 0 Å². The van der Waals surface area contributed by atoms with E-state index < -0.39 is 6.10 Å². The molecular formula is C16H12BrClOS. The zero-order valence-corrected chi connectivity index (χ0v) is 13.9. The molecule has 20 heavy (non-hydrogen) atoms. The molecule has 0 aliphatic heterocycles. The van der Waals surface area contributed by atoms with Crippen LogP contribution in [0.5, 0.6) is 0 Å². The highest BCUT2D eigenvalue weighted by Crippen LogP contribution is 2.37. The first-order valence-electron chi connectivity index (χ1n) is 6.19. The highest BCUT2D eigenvalue weighted by Gasteiger charge is 2.17. The van der Waals surface area contributed by atoms with Crippen molar-refractivity contribution in [2.75, 3.05) is 0 Å². The Hall–Kier alpha value is -0.870. The smallest absolute Gasteiger partial charge is 0.114 e. The zero-order valence-electron chi connectivity index (χ0n) is 10.7. The van der Waals surface area contributed by atoms with E-state index in [9.17, 15) is 5.11 Å². The molecule has 1 N–H and O–H groups in total. The van der Waals surface area contributed by atoms with Gasteiger partial charge in [-0.15, -0.1) is 11.3 Å². The molecule has 0 bridgehead atoms. The molecule has 0 radical (unpaired) electrons. The van der Waals surface area contributed by atoms with Crippen LogP contribution in [0.15, 0.2) is 46.3 Å². The molecule has 102 valence electrons. The third-order valence-corrected chi connectivity index (χ3v) is 5.86. The molecule has 0 saturated carbocycles. The second-order valence-corrected chi connectivity index (χ2v) is 7.50. The molecule has 1 atom stereocenters. The Balaban J connectivity index is 2.17. The van der Waals surface area contributed by atoms with E-state index in [4.69, 9.17) is 11.6 Å². The van der Waals surface area contributed by atoms with Crippen molar-refractivity contribution in [2.45, 2.75) is 13.0 Å². The van der Waals surface area contributed by atoms with Crippen molar-refractivity contribution in [1.29, 1.82) is 0 Å². The van der Waals surface area contributed by atoms with E-state index >= 15 is 0 Å². The largest absolute Gasteiger partial charge is 0.383 e. The number of benzene rings is 2. The van der Waals surface area contributed by atoms with Gasteiger partial charge in [-0.3, -0.25) is 0 Å². The van der Waals surface area contributed by atoms with Crippen LogP contribution in [0.2, 0.25) is 5.02 Å². The van der Waals surface area contributed by atoms with Gasteiger partial charge in [-0.25, -0.2) is 0 Å². The number of halogens is 2. The van der Waals surface area contributed by atoms with Crippen LogP contribution in [-0.2, 0) is 0 Å². The number of rotatable bonds is 2. The molecule has 0 fully saturated rings. The van der Waals surface area contributed by atoms with Crippen molar-refractivity contribution in [2.24, 2.45) is 0 Å². The van der Waals surface area contributed by atoms with E-state index in [-0.39, 0.29) is 0 Å². The first-order valence-corrected chi connectivity index (χ1v) is 8.17. The molecule has 1 heterocycles. The molecule has 1 aromatic heterocycles. The fourth-order valence-electron chi connectivity index (χ4n) is 2.30. The molecule has 3 aromatic rings. The lowest BCUT2D eigenvalue weighted by molar-refractivity contribution is 0.225. The monoisotopic (exact) mass is 366 g/mol. The summed E-state index contributed by atoms with van der Waals surface area (Å²) in [7, 11) is 0. The fourth-order valence-corrected chi connectivity index (χ4v) is 4.10. The van der Waals surface area contributed by atoms with Crippen LogP contribution in [0, 0.1) is 6.92 Å². The minimum absolute atomic E-state index is 0.632. The number of fused-ring (bicyclic) bond motifs is 1. The Bertz CT molecular complexity index is 762. The van der Waals surface area contributed by atoms with E-state index in [2.05, 4.69) is 15.9 Å². The summed E-state index contributed by atoms with van der Waals surface area (Å²) >= 11 is 11.3. The van der Waals surface area contributed by atoms with Gasteiger partial charge >= 0.3 is 0 Å². The standard InChI is InChI=1S/C16H12BrClOS/c1-9-8-14(20-16(9)17)15(19)12-6-7-13(18)11-5-3-2-4-10(11)12/h2-8,15,19H,1H3. The predicted molar refractivity (Wildman–Crippen MR) is 89.8 cm³/mol. The maximum absolute atomic E-state index is 10.7. The van der Waals surface area contributed by atoms with Crippen LogP contribution in [0.3, 0.4) is 0 Å². The van der Waals surface area contributed by atoms with Crippen molar-refractivity contribution >= 4 is 49.6 Å². The minimum atomic E-state index is -0.632. The molecular weight excluding hydrogens is 356 g/mol. The lowest BCUT2D eigenvalue weighted by atomic mass is 9.99. The average Bonchev–Trinajstić information content (AvgIpc) is 2.79. The second kappa shape index (κ2) is 5.49. The summed E-state index contributed by atoms with van der Waals surface area (Å²) < 4.78 is 1.06. The van der Waals surface area contributed by atoms with Gasteiger partial charge in [0.2, 0.25) is 0 Å². The Morgan fingerprint density at radius 1 is 1.15 bits per heavy atom. The van der Waals surface area contributed by atoms with E-state index in [1.165, 1.54) is 0 Å². The van der Waals surface area contributed by atoms with Crippen LogP contribution < -0.4 is 0 Å². The number of aliphatic hydroxyl groups is 1. The van der Waals surface area contributed by atoms with Crippen LogP contribution >= 0.6 is 38.9 Å². The summed E-state index contributed by atoms with van der Waals surface area (Å²) in [5, 5.41) is 13.3. The molecule has 0 aliphatic rings. The third-order valence-electron chi connectivity index (χ3n) is 3.34. The van der Waals surface area contributed by atoms with Gasteiger partial charge in [0.25, 0.3) is 0 Å². The van der Waals surface area contributed by atoms with Crippen LogP contribution in [0.1, 0.15) is 22.1 Å². The maximum Gasteiger partial charge on any atom is 0.114 e. The number of aliphatic hydroxyl groups excluding tert-OH is 1. The Morgan fingerprint density at radius 3 is 2.50 bits per heavy atom. The molecule has 2 aromatic carbocycles. The van der Waals surface area contributed by atoms with Crippen molar-refractivity contribution in [3.63, 3.8) is 0 Å². The van der Waals surface area contributed by atoms with E-state index in [1.54, 1.807) is 11.3 Å². The van der Waals surface area contributed by atoms with E-state index in [0.717, 1.165) is 30.6 Å². The number of hydrogen-bond donors (Lipinski definition) is 1. The zero-order chi connectivity index (χ0) is 14.3.